The largest absolute Gasteiger partial charge is 0.341 e. The maximum Gasteiger partial charge on any atom is 0.120 e. The van der Waals surface area contributed by atoms with Crippen LogP contribution in [0.25, 0.3) is 11.3 Å². The van der Waals surface area contributed by atoms with Crippen molar-refractivity contribution in [3.63, 3.8) is 0 Å². The molecule has 19 heavy (non-hydrogen) atoms. The van der Waals surface area contributed by atoms with Crippen LogP contribution in [-0.2, 0) is 6.54 Å². The van der Waals surface area contributed by atoms with E-state index in [9.17, 15) is 0 Å². The highest BCUT2D eigenvalue weighted by molar-refractivity contribution is 6.30. The van der Waals surface area contributed by atoms with Crippen molar-refractivity contribution in [1.29, 1.82) is 0 Å². The van der Waals surface area contributed by atoms with Gasteiger partial charge in [-0.15, -0.1) is 0 Å². The number of nitrogens with zero attached hydrogens (tertiary/aromatic N) is 1. The molecule has 3 nitrogen and oxygen atoms in total. The Hall–Kier alpha value is -1.32. The van der Waals surface area contributed by atoms with Gasteiger partial charge in [0, 0.05) is 11.1 Å². The smallest absolute Gasteiger partial charge is 0.120 e. The van der Waals surface area contributed by atoms with E-state index in [0.717, 1.165) is 28.6 Å². The molecule has 0 bridgehead atoms. The number of nitrogens with one attached hydrogen (secondary N) is 2. The number of halogens is 1. The Kier molecular flexibility index (Phi) is 3.85. The number of H-pyrrole nitrogens is 1. The first-order valence-corrected chi connectivity index (χ1v) is 7.22. The second-order valence-corrected chi connectivity index (χ2v) is 5.55. The lowest BCUT2D eigenvalue weighted by atomic mass is 10.2. The molecule has 1 aliphatic carbocycles. The summed E-state index contributed by atoms with van der Waals surface area (Å²) in [5.41, 5.74) is 2.16. The highest BCUT2D eigenvalue weighted by Crippen LogP contribution is 2.20. The molecule has 1 fully saturated rings. The van der Waals surface area contributed by atoms with E-state index in [-0.39, 0.29) is 0 Å². The summed E-state index contributed by atoms with van der Waals surface area (Å²) in [7, 11) is 0. The van der Waals surface area contributed by atoms with Gasteiger partial charge in [-0.05, 0) is 30.5 Å². The third-order valence-electron chi connectivity index (χ3n) is 3.70. The molecule has 0 aliphatic heterocycles. The van der Waals surface area contributed by atoms with E-state index in [0.29, 0.717) is 6.04 Å². The minimum atomic E-state index is 0.670. The van der Waals surface area contributed by atoms with Gasteiger partial charge in [0.1, 0.15) is 5.82 Å². The van der Waals surface area contributed by atoms with Crippen molar-refractivity contribution in [3.8, 4) is 11.3 Å². The van der Waals surface area contributed by atoms with Crippen LogP contribution in [0.5, 0.6) is 0 Å². The third-order valence-corrected chi connectivity index (χ3v) is 3.95. The van der Waals surface area contributed by atoms with Crippen LogP contribution in [0.2, 0.25) is 5.02 Å². The number of aromatic amines is 1. The molecule has 1 saturated carbocycles. The van der Waals surface area contributed by atoms with Gasteiger partial charge >= 0.3 is 0 Å². The van der Waals surface area contributed by atoms with Gasteiger partial charge in [0.05, 0.1) is 18.4 Å². The molecule has 1 aromatic carbocycles. The maximum absolute atomic E-state index is 5.89. The highest BCUT2D eigenvalue weighted by atomic mass is 35.5. The van der Waals surface area contributed by atoms with Crippen molar-refractivity contribution < 1.29 is 0 Å². The van der Waals surface area contributed by atoms with Crippen LogP contribution in [0.1, 0.15) is 31.5 Å². The summed E-state index contributed by atoms with van der Waals surface area (Å²) in [4.78, 5) is 7.78. The molecule has 0 unspecified atom stereocenters. The zero-order valence-corrected chi connectivity index (χ0v) is 11.6. The Morgan fingerprint density at radius 1 is 1.21 bits per heavy atom. The quantitative estimate of drug-likeness (QED) is 0.892. The molecule has 0 radical (unpaired) electrons. The van der Waals surface area contributed by atoms with Gasteiger partial charge in [-0.3, -0.25) is 0 Å². The Labute approximate surface area is 118 Å². The van der Waals surface area contributed by atoms with Gasteiger partial charge in [-0.25, -0.2) is 4.98 Å². The number of imidazole rings is 1. The fraction of sp³-hybridized carbons (Fsp3) is 0.400. The fourth-order valence-electron chi connectivity index (χ4n) is 2.60. The summed E-state index contributed by atoms with van der Waals surface area (Å²) in [6.07, 6.45) is 7.18. The Morgan fingerprint density at radius 3 is 2.68 bits per heavy atom. The normalized spacial score (nSPS) is 16.1. The van der Waals surface area contributed by atoms with Crippen molar-refractivity contribution in [2.24, 2.45) is 0 Å². The maximum atomic E-state index is 5.89. The first-order valence-electron chi connectivity index (χ1n) is 6.84. The third kappa shape index (κ3) is 3.17. The molecule has 2 N–H and O–H groups in total. The molecule has 1 heterocycles. The summed E-state index contributed by atoms with van der Waals surface area (Å²) in [5.74, 6) is 0.997. The van der Waals surface area contributed by atoms with Gasteiger partial charge < -0.3 is 10.3 Å². The first kappa shape index (κ1) is 12.7. The van der Waals surface area contributed by atoms with Gasteiger partial charge in [0.15, 0.2) is 0 Å². The second kappa shape index (κ2) is 5.76. The number of rotatable bonds is 4. The summed E-state index contributed by atoms with van der Waals surface area (Å²) >= 11 is 5.89. The molecule has 100 valence electrons. The lowest BCUT2D eigenvalue weighted by Gasteiger charge is -2.09. The van der Waals surface area contributed by atoms with Crippen molar-refractivity contribution in [2.45, 2.75) is 38.3 Å². The van der Waals surface area contributed by atoms with Crippen LogP contribution in [0.15, 0.2) is 30.5 Å². The average molecular weight is 276 g/mol. The van der Waals surface area contributed by atoms with Crippen molar-refractivity contribution in [2.75, 3.05) is 0 Å². The van der Waals surface area contributed by atoms with E-state index in [1.165, 1.54) is 25.7 Å². The van der Waals surface area contributed by atoms with Crippen LogP contribution in [-0.4, -0.2) is 16.0 Å². The van der Waals surface area contributed by atoms with Crippen LogP contribution in [0.3, 0.4) is 0 Å². The lowest BCUT2D eigenvalue weighted by molar-refractivity contribution is 0.515. The molecule has 4 heteroatoms. The molecule has 1 aliphatic rings. The molecule has 2 aromatic rings. The number of hydrogen-bond donors (Lipinski definition) is 2. The Morgan fingerprint density at radius 2 is 1.95 bits per heavy atom. The number of aromatic nitrogens is 2. The predicted octanol–water partition coefficient (Wildman–Crippen LogP) is 3.76. The topological polar surface area (TPSA) is 40.7 Å². The number of hydrogen-bond acceptors (Lipinski definition) is 2. The Bertz CT molecular complexity index is 527. The van der Waals surface area contributed by atoms with E-state index in [4.69, 9.17) is 11.6 Å². The van der Waals surface area contributed by atoms with Gasteiger partial charge in [-0.1, -0.05) is 36.6 Å². The van der Waals surface area contributed by atoms with E-state index < -0.39 is 0 Å². The van der Waals surface area contributed by atoms with E-state index in [2.05, 4.69) is 15.3 Å². The molecule has 0 atom stereocenters. The minimum absolute atomic E-state index is 0.670. The van der Waals surface area contributed by atoms with E-state index >= 15 is 0 Å². The van der Waals surface area contributed by atoms with Crippen molar-refractivity contribution in [1.82, 2.24) is 15.3 Å². The second-order valence-electron chi connectivity index (χ2n) is 5.11. The SMILES string of the molecule is Clc1ccc(-c2cnc(CNC3CCCC3)[nH]2)cc1. The van der Waals surface area contributed by atoms with Crippen molar-refractivity contribution >= 4 is 11.6 Å². The van der Waals surface area contributed by atoms with Crippen molar-refractivity contribution in [3.05, 3.63) is 41.3 Å². The lowest BCUT2D eigenvalue weighted by Crippen LogP contribution is -2.25. The molecule has 0 saturated heterocycles. The highest BCUT2D eigenvalue weighted by Gasteiger charge is 2.14. The molecular formula is C15H18ClN3. The average Bonchev–Trinajstić information content (AvgIpc) is 3.09. The summed E-state index contributed by atoms with van der Waals surface area (Å²) in [6, 6.07) is 8.47. The minimum Gasteiger partial charge on any atom is -0.341 e. The van der Waals surface area contributed by atoms with Crippen LogP contribution < -0.4 is 5.32 Å². The van der Waals surface area contributed by atoms with Gasteiger partial charge in [0.25, 0.3) is 0 Å². The summed E-state index contributed by atoms with van der Waals surface area (Å²) in [5, 5.41) is 4.31. The molecule has 1 aromatic heterocycles. The standard InChI is InChI=1S/C15H18ClN3/c16-12-7-5-11(6-8-12)14-9-18-15(19-14)10-17-13-3-1-2-4-13/h5-9,13,17H,1-4,10H2,(H,18,19). The molecule has 0 amide bonds. The Balaban J connectivity index is 1.63. The van der Waals surface area contributed by atoms with Crippen LogP contribution in [0.4, 0.5) is 0 Å². The molecular weight excluding hydrogens is 258 g/mol. The van der Waals surface area contributed by atoms with Crippen LogP contribution in [0, 0.1) is 0 Å². The zero-order chi connectivity index (χ0) is 13.1. The van der Waals surface area contributed by atoms with E-state index in [1.54, 1.807) is 0 Å². The summed E-state index contributed by atoms with van der Waals surface area (Å²) < 4.78 is 0. The molecule has 0 spiro atoms. The predicted molar refractivity (Wildman–Crippen MR) is 78.1 cm³/mol. The summed E-state index contributed by atoms with van der Waals surface area (Å²) in [6.45, 7) is 0.818. The first-order chi connectivity index (χ1) is 9.31. The van der Waals surface area contributed by atoms with E-state index in [1.807, 2.05) is 30.5 Å². The monoisotopic (exact) mass is 275 g/mol. The molecule has 3 rings (SSSR count). The number of benzene rings is 1. The van der Waals surface area contributed by atoms with Gasteiger partial charge in [-0.2, -0.15) is 0 Å². The fourth-order valence-corrected chi connectivity index (χ4v) is 2.73. The zero-order valence-electron chi connectivity index (χ0n) is 10.8. The van der Waals surface area contributed by atoms with Crippen LogP contribution >= 0.6 is 11.6 Å². The van der Waals surface area contributed by atoms with Gasteiger partial charge in [0.2, 0.25) is 0 Å².